The lowest BCUT2D eigenvalue weighted by atomic mass is 9.88. The lowest BCUT2D eigenvalue weighted by Crippen LogP contribution is -2.30. The molecule has 0 spiro atoms. The number of piperidine rings is 1. The Hall–Kier alpha value is -3.48. The lowest BCUT2D eigenvalue weighted by molar-refractivity contribution is 0.225. The van der Waals surface area contributed by atoms with E-state index in [1.54, 1.807) is 0 Å². The molecule has 2 aromatic heterocycles. The van der Waals surface area contributed by atoms with Gasteiger partial charge in [0, 0.05) is 35.4 Å². The summed E-state index contributed by atoms with van der Waals surface area (Å²) in [7, 11) is 0. The van der Waals surface area contributed by atoms with Crippen molar-refractivity contribution < 1.29 is 9.15 Å². The molecule has 1 aliphatic heterocycles. The molecule has 0 bridgehead atoms. The minimum absolute atomic E-state index is 0.543. The zero-order valence-electron chi connectivity index (χ0n) is 22.3. The van der Waals surface area contributed by atoms with E-state index in [-0.39, 0.29) is 0 Å². The maximum absolute atomic E-state index is 6.38. The second kappa shape index (κ2) is 11.7. The molecule has 0 amide bonds. The fourth-order valence-electron chi connectivity index (χ4n) is 5.52. The Morgan fingerprint density at radius 3 is 2.59 bits per heavy atom. The molecule has 39 heavy (non-hydrogen) atoms. The molecule has 200 valence electrons. The third-order valence-corrected chi connectivity index (χ3v) is 7.87. The number of ether oxygens (including phenoxy) is 1. The van der Waals surface area contributed by atoms with Crippen LogP contribution in [0.2, 0.25) is 5.02 Å². The van der Waals surface area contributed by atoms with Crippen LogP contribution in [-0.2, 0) is 19.4 Å². The average molecular weight is 541 g/mol. The Morgan fingerprint density at radius 2 is 1.77 bits per heavy atom. The monoisotopic (exact) mass is 540 g/mol. The first-order chi connectivity index (χ1) is 19.2. The summed E-state index contributed by atoms with van der Waals surface area (Å²) in [5, 5.41) is 9.43. The summed E-state index contributed by atoms with van der Waals surface area (Å²) >= 11 is 6.38. The smallest absolute Gasteiger partial charge is 0.247 e. The van der Waals surface area contributed by atoms with Crippen molar-refractivity contribution >= 4 is 17.2 Å². The predicted octanol–water partition coefficient (Wildman–Crippen LogP) is 7.16. The van der Waals surface area contributed by atoms with Crippen LogP contribution in [0.3, 0.4) is 0 Å². The number of fused-ring (bicyclic) bond motifs is 2. The maximum atomic E-state index is 6.38. The molecule has 0 atom stereocenters. The number of nitrogens with zero attached hydrogens (tertiary/aromatic N) is 4. The topological polar surface area (TPSA) is 64.3 Å². The van der Waals surface area contributed by atoms with Crippen LogP contribution in [0.25, 0.3) is 17.0 Å². The van der Waals surface area contributed by atoms with Gasteiger partial charge in [-0.3, -0.25) is 9.88 Å². The van der Waals surface area contributed by atoms with Gasteiger partial charge in [-0.05, 0) is 91.3 Å². The van der Waals surface area contributed by atoms with Crippen molar-refractivity contribution in [2.75, 3.05) is 19.7 Å². The Morgan fingerprint density at radius 1 is 0.949 bits per heavy atom. The average Bonchev–Trinajstić information content (AvgIpc) is 3.36. The number of rotatable bonds is 7. The van der Waals surface area contributed by atoms with Crippen molar-refractivity contribution in [3.05, 3.63) is 99.7 Å². The van der Waals surface area contributed by atoms with Gasteiger partial charge in [0.1, 0.15) is 5.75 Å². The van der Waals surface area contributed by atoms with Crippen LogP contribution in [0.1, 0.15) is 60.9 Å². The van der Waals surface area contributed by atoms with Crippen LogP contribution in [0.15, 0.2) is 70.8 Å². The van der Waals surface area contributed by atoms with Crippen LogP contribution in [0.4, 0.5) is 0 Å². The van der Waals surface area contributed by atoms with Crippen LogP contribution < -0.4 is 4.74 Å². The summed E-state index contributed by atoms with van der Waals surface area (Å²) in [5.41, 5.74) is 8.70. The van der Waals surface area contributed by atoms with E-state index in [1.165, 1.54) is 27.8 Å². The van der Waals surface area contributed by atoms with E-state index >= 15 is 0 Å². The first-order valence-corrected chi connectivity index (χ1v) is 14.3. The molecular weight excluding hydrogens is 508 g/mol. The van der Waals surface area contributed by atoms with E-state index in [0.29, 0.717) is 18.3 Å². The van der Waals surface area contributed by atoms with Crippen molar-refractivity contribution in [3.63, 3.8) is 0 Å². The highest BCUT2D eigenvalue weighted by atomic mass is 35.5. The Kier molecular flexibility index (Phi) is 7.75. The standard InChI is InChI=1S/C32H33ClN4O2/c1-2-3-19-38-27-11-8-24(9-12-27)32-36-35-29(39-32)21-37-17-14-22(15-18-37)30-28-13-10-26(33)20-25(28)7-6-23-5-4-16-34-31(23)30/h4-5,8-13,16,20H,2-3,6-7,14-15,17-19,21H2,1H3. The molecule has 6 rings (SSSR count). The fourth-order valence-corrected chi connectivity index (χ4v) is 5.71. The summed E-state index contributed by atoms with van der Waals surface area (Å²) in [5.74, 6) is 2.05. The molecule has 7 heteroatoms. The summed E-state index contributed by atoms with van der Waals surface area (Å²) in [6, 6.07) is 18.4. The Labute approximate surface area is 234 Å². The van der Waals surface area contributed by atoms with E-state index in [1.807, 2.05) is 42.6 Å². The van der Waals surface area contributed by atoms with E-state index in [2.05, 4.69) is 40.2 Å². The van der Waals surface area contributed by atoms with Crippen molar-refractivity contribution in [1.82, 2.24) is 20.1 Å². The van der Waals surface area contributed by atoms with Gasteiger partial charge in [0.05, 0.1) is 18.8 Å². The first-order valence-electron chi connectivity index (χ1n) is 13.9. The molecule has 0 radical (unpaired) electrons. The minimum Gasteiger partial charge on any atom is -0.494 e. The second-order valence-corrected chi connectivity index (χ2v) is 10.7. The Bertz CT molecular complexity index is 1470. The maximum Gasteiger partial charge on any atom is 0.247 e. The number of benzene rings is 2. The van der Waals surface area contributed by atoms with Gasteiger partial charge >= 0.3 is 0 Å². The molecule has 1 aliphatic carbocycles. The number of aryl methyl sites for hydroxylation is 2. The van der Waals surface area contributed by atoms with Crippen molar-refractivity contribution in [2.24, 2.45) is 0 Å². The predicted molar refractivity (Wildman–Crippen MR) is 154 cm³/mol. The molecule has 0 unspecified atom stereocenters. The van der Waals surface area contributed by atoms with Crippen LogP contribution in [0.5, 0.6) is 5.75 Å². The van der Waals surface area contributed by atoms with Gasteiger partial charge in [0.25, 0.3) is 0 Å². The molecular formula is C32H33ClN4O2. The van der Waals surface area contributed by atoms with E-state index < -0.39 is 0 Å². The molecule has 0 N–H and O–H groups in total. The minimum atomic E-state index is 0.543. The van der Waals surface area contributed by atoms with Crippen LogP contribution in [-0.4, -0.2) is 39.8 Å². The first kappa shape index (κ1) is 25.8. The summed E-state index contributed by atoms with van der Waals surface area (Å²) in [6.07, 6.45) is 8.00. The second-order valence-electron chi connectivity index (χ2n) is 10.3. The highest BCUT2D eigenvalue weighted by Crippen LogP contribution is 2.38. The summed E-state index contributed by atoms with van der Waals surface area (Å²) in [4.78, 5) is 7.25. The number of likely N-dealkylation sites (tertiary alicyclic amines) is 1. The van der Waals surface area contributed by atoms with E-state index in [0.717, 1.165) is 80.3 Å². The fraction of sp³-hybridized carbons (Fsp3) is 0.344. The molecule has 2 aliphatic rings. The van der Waals surface area contributed by atoms with E-state index in [4.69, 9.17) is 25.7 Å². The highest BCUT2D eigenvalue weighted by Gasteiger charge is 2.26. The van der Waals surface area contributed by atoms with Crippen LogP contribution in [0, 0.1) is 0 Å². The van der Waals surface area contributed by atoms with Gasteiger partial charge in [0.15, 0.2) is 0 Å². The van der Waals surface area contributed by atoms with Gasteiger partial charge in [-0.2, -0.15) is 0 Å². The summed E-state index contributed by atoms with van der Waals surface area (Å²) < 4.78 is 11.8. The van der Waals surface area contributed by atoms with Gasteiger partial charge < -0.3 is 9.15 Å². The lowest BCUT2D eigenvalue weighted by Gasteiger charge is -2.29. The molecule has 1 fully saturated rings. The normalized spacial score (nSPS) is 15.5. The van der Waals surface area contributed by atoms with Crippen molar-refractivity contribution in [1.29, 1.82) is 0 Å². The molecule has 3 heterocycles. The molecule has 4 aromatic rings. The van der Waals surface area contributed by atoms with E-state index in [9.17, 15) is 0 Å². The molecule has 1 saturated heterocycles. The number of hydrogen-bond acceptors (Lipinski definition) is 6. The number of hydrogen-bond donors (Lipinski definition) is 0. The van der Waals surface area contributed by atoms with Gasteiger partial charge in [-0.25, -0.2) is 0 Å². The Balaban J connectivity index is 1.15. The third-order valence-electron chi connectivity index (χ3n) is 7.64. The largest absolute Gasteiger partial charge is 0.494 e. The number of aromatic nitrogens is 3. The highest BCUT2D eigenvalue weighted by molar-refractivity contribution is 6.30. The molecule has 2 aromatic carbocycles. The van der Waals surface area contributed by atoms with Crippen molar-refractivity contribution in [2.45, 2.75) is 52.0 Å². The molecule has 0 saturated carbocycles. The summed E-state index contributed by atoms with van der Waals surface area (Å²) in [6.45, 7) is 5.41. The van der Waals surface area contributed by atoms with Gasteiger partial charge in [-0.1, -0.05) is 42.7 Å². The number of pyridine rings is 1. The number of unbranched alkanes of at least 4 members (excludes halogenated alkanes) is 1. The number of halogens is 1. The van der Waals surface area contributed by atoms with Gasteiger partial charge in [-0.15, -0.1) is 10.2 Å². The van der Waals surface area contributed by atoms with Crippen LogP contribution >= 0.6 is 11.6 Å². The zero-order valence-corrected chi connectivity index (χ0v) is 23.1. The van der Waals surface area contributed by atoms with Crippen molar-refractivity contribution in [3.8, 4) is 17.2 Å². The SMILES string of the molecule is CCCCOc1ccc(-c2nnc(CN3CCC(=C4c5ccc(Cl)cc5CCc5cccnc54)CC3)o2)cc1. The third kappa shape index (κ3) is 5.77. The quantitative estimate of drug-likeness (QED) is 0.232. The molecule has 6 nitrogen and oxygen atoms in total. The van der Waals surface area contributed by atoms with Gasteiger partial charge in [0.2, 0.25) is 11.8 Å². The zero-order chi connectivity index (χ0) is 26.6.